The number of aliphatic hydroxyl groups is 1. The Morgan fingerprint density at radius 1 is 1.10 bits per heavy atom. The number of aromatic nitrogens is 1. The lowest BCUT2D eigenvalue weighted by Crippen LogP contribution is -2.46. The maximum absolute atomic E-state index is 12.5. The van der Waals surface area contributed by atoms with Crippen molar-refractivity contribution in [1.82, 2.24) is 9.88 Å². The average Bonchev–Trinajstić information content (AvgIpc) is 3.41. The first-order valence-electron chi connectivity index (χ1n) is 13.6. The fraction of sp³-hybridized carbons (Fsp3) is 0.419. The van der Waals surface area contributed by atoms with Gasteiger partial charge in [0.25, 0.3) is 5.91 Å². The van der Waals surface area contributed by atoms with Gasteiger partial charge in [0.1, 0.15) is 0 Å². The minimum absolute atomic E-state index is 0.00916. The van der Waals surface area contributed by atoms with Crippen molar-refractivity contribution < 1.29 is 24.1 Å². The molecule has 0 saturated carbocycles. The number of nitrogens with zero attached hydrogens (tertiary/aromatic N) is 2. The number of aliphatic hydroxyl groups excluding tert-OH is 1. The summed E-state index contributed by atoms with van der Waals surface area (Å²) in [5.74, 6) is -0.0967. The number of anilines is 1. The highest BCUT2D eigenvalue weighted by atomic mass is 16.7. The Balaban J connectivity index is 1.35. The number of ether oxygens (including phenoxy) is 3. The number of likely N-dealkylation sites (tertiary alicyclic amines) is 1. The van der Waals surface area contributed by atoms with E-state index in [0.29, 0.717) is 17.3 Å². The van der Waals surface area contributed by atoms with Crippen LogP contribution >= 0.6 is 0 Å². The molecule has 3 aromatic rings. The number of amides is 1. The van der Waals surface area contributed by atoms with E-state index in [2.05, 4.69) is 22.1 Å². The lowest BCUT2D eigenvalue weighted by molar-refractivity contribution is -0.276. The number of carbonyl (C=O) groups is 1. The van der Waals surface area contributed by atoms with Crippen LogP contribution in [0.4, 0.5) is 5.69 Å². The van der Waals surface area contributed by atoms with E-state index in [-0.39, 0.29) is 30.6 Å². The molecule has 5 atom stereocenters. The first-order valence-corrected chi connectivity index (χ1v) is 13.6. The summed E-state index contributed by atoms with van der Waals surface area (Å²) < 4.78 is 18.7. The third kappa shape index (κ3) is 6.54. The molecule has 8 nitrogen and oxygen atoms in total. The zero-order valence-electron chi connectivity index (χ0n) is 22.5. The first kappa shape index (κ1) is 27.4. The topological polar surface area (TPSA) is 93.2 Å². The molecular weight excluding hydrogens is 494 g/mol. The van der Waals surface area contributed by atoms with Crippen molar-refractivity contribution in [3.05, 3.63) is 95.3 Å². The third-order valence-corrected chi connectivity index (χ3v) is 7.76. The number of hydrogen-bond donors (Lipinski definition) is 2. The number of hydrogen-bond acceptors (Lipinski definition) is 7. The molecule has 1 amide bonds. The predicted octanol–water partition coefficient (Wildman–Crippen LogP) is 4.73. The minimum atomic E-state index is -0.555. The molecule has 1 aromatic heterocycles. The summed E-state index contributed by atoms with van der Waals surface area (Å²) in [5, 5.41) is 12.4. The highest BCUT2D eigenvalue weighted by Gasteiger charge is 2.40. The smallest absolute Gasteiger partial charge is 0.257 e. The van der Waals surface area contributed by atoms with Gasteiger partial charge in [-0.05, 0) is 54.8 Å². The summed E-state index contributed by atoms with van der Waals surface area (Å²) in [6.07, 6.45) is 4.70. The van der Waals surface area contributed by atoms with Crippen LogP contribution in [0.5, 0.6) is 0 Å². The zero-order valence-corrected chi connectivity index (χ0v) is 22.5. The van der Waals surface area contributed by atoms with E-state index in [1.54, 1.807) is 31.6 Å². The number of methoxy groups -OCH3 is 1. The van der Waals surface area contributed by atoms with Gasteiger partial charge >= 0.3 is 0 Å². The molecule has 0 bridgehead atoms. The fourth-order valence-electron chi connectivity index (χ4n) is 5.50. The van der Waals surface area contributed by atoms with Gasteiger partial charge in [-0.2, -0.15) is 0 Å². The molecule has 0 unspecified atom stereocenters. The molecule has 2 aliphatic heterocycles. The summed E-state index contributed by atoms with van der Waals surface area (Å²) in [4.78, 5) is 19.0. The van der Waals surface area contributed by atoms with Gasteiger partial charge in [-0.25, -0.2) is 0 Å². The molecule has 3 heterocycles. The van der Waals surface area contributed by atoms with Crippen molar-refractivity contribution in [2.45, 2.75) is 50.9 Å². The van der Waals surface area contributed by atoms with E-state index in [4.69, 9.17) is 14.2 Å². The summed E-state index contributed by atoms with van der Waals surface area (Å²) >= 11 is 0. The van der Waals surface area contributed by atoms with Gasteiger partial charge in [0, 0.05) is 49.3 Å². The Morgan fingerprint density at radius 2 is 1.87 bits per heavy atom. The molecule has 0 radical (unpaired) electrons. The van der Waals surface area contributed by atoms with Crippen LogP contribution in [-0.4, -0.2) is 59.8 Å². The highest BCUT2D eigenvalue weighted by molar-refractivity contribution is 6.03. The van der Waals surface area contributed by atoms with Gasteiger partial charge in [-0.15, -0.1) is 0 Å². The molecule has 5 rings (SSSR count). The molecule has 39 heavy (non-hydrogen) atoms. The van der Waals surface area contributed by atoms with Crippen LogP contribution in [-0.2, 0) is 20.8 Å². The molecule has 0 spiro atoms. The van der Waals surface area contributed by atoms with Crippen LogP contribution in [0.3, 0.4) is 0 Å². The van der Waals surface area contributed by atoms with Gasteiger partial charge in [0.05, 0.1) is 31.0 Å². The molecule has 2 saturated heterocycles. The van der Waals surface area contributed by atoms with Crippen molar-refractivity contribution in [2.75, 3.05) is 32.1 Å². The van der Waals surface area contributed by atoms with E-state index in [1.165, 1.54) is 0 Å². The fourth-order valence-corrected chi connectivity index (χ4v) is 5.50. The second-order valence-electron chi connectivity index (χ2n) is 10.4. The molecular formula is C31H37N3O5. The third-order valence-electron chi connectivity index (χ3n) is 7.76. The summed E-state index contributed by atoms with van der Waals surface area (Å²) in [6, 6.07) is 19.4. The Hall–Kier alpha value is -3.14. The first-order chi connectivity index (χ1) is 19.1. The molecule has 2 aliphatic rings. The normalized spacial score (nSPS) is 25.5. The Kier molecular flexibility index (Phi) is 9.01. The van der Waals surface area contributed by atoms with E-state index >= 15 is 0 Å². The maximum atomic E-state index is 12.5. The van der Waals surface area contributed by atoms with Gasteiger partial charge < -0.3 is 24.6 Å². The van der Waals surface area contributed by atoms with Crippen LogP contribution in [0.1, 0.15) is 59.2 Å². The highest BCUT2D eigenvalue weighted by Crippen LogP contribution is 2.42. The number of rotatable bonds is 9. The van der Waals surface area contributed by atoms with Crippen LogP contribution in [0, 0.1) is 5.92 Å². The molecule has 8 heteroatoms. The second kappa shape index (κ2) is 12.8. The van der Waals surface area contributed by atoms with Gasteiger partial charge in [0.15, 0.2) is 6.29 Å². The van der Waals surface area contributed by atoms with Gasteiger partial charge in [-0.3, -0.25) is 14.7 Å². The van der Waals surface area contributed by atoms with Crippen molar-refractivity contribution in [2.24, 2.45) is 5.92 Å². The molecule has 2 aromatic carbocycles. The summed E-state index contributed by atoms with van der Waals surface area (Å²) in [6.45, 7) is 4.76. The molecule has 206 valence electrons. The van der Waals surface area contributed by atoms with Crippen molar-refractivity contribution in [3.63, 3.8) is 0 Å². The van der Waals surface area contributed by atoms with Crippen molar-refractivity contribution in [3.8, 4) is 0 Å². The molecule has 0 aliphatic carbocycles. The number of carbonyl (C=O) groups excluding carboxylic acids is 1. The number of benzene rings is 2. The predicted molar refractivity (Wildman–Crippen MR) is 148 cm³/mol. The second-order valence-corrected chi connectivity index (χ2v) is 10.4. The number of pyridine rings is 1. The van der Waals surface area contributed by atoms with Crippen molar-refractivity contribution >= 4 is 11.6 Å². The standard InChI is InChI=1S/C31H37N3O5/c1-21-28(18-34-16-4-6-27(34)20-37-2)38-31(39-29(21)23-9-7-22(19-35)8-10-23)24-11-13-26(14-12-24)33-30(36)25-5-3-15-32-17-25/h3,5,7-15,17,21,27-29,31,35H,4,6,16,18-20H2,1-2H3,(H,33,36)/t21-,27+,28+,29+,31+/m1/s1. The van der Waals surface area contributed by atoms with E-state index in [1.807, 2.05) is 48.5 Å². The molecule has 2 N–H and O–H groups in total. The van der Waals surface area contributed by atoms with Crippen molar-refractivity contribution in [1.29, 1.82) is 0 Å². The minimum Gasteiger partial charge on any atom is -0.392 e. The van der Waals surface area contributed by atoms with Crippen LogP contribution in [0.25, 0.3) is 0 Å². The molecule has 2 fully saturated rings. The lowest BCUT2D eigenvalue weighted by atomic mass is 9.90. The van der Waals surface area contributed by atoms with Crippen LogP contribution < -0.4 is 5.32 Å². The quantitative estimate of drug-likeness (QED) is 0.412. The SMILES string of the molecule is COC[C@@H]1CCCN1C[C@@H]1O[C@H](c2ccc(NC(=O)c3cccnc3)cc2)O[C@H](c2ccc(CO)cc2)[C@@H]1C. The number of nitrogens with one attached hydrogen (secondary N) is 1. The van der Waals surface area contributed by atoms with Crippen LogP contribution in [0.15, 0.2) is 73.1 Å². The summed E-state index contributed by atoms with van der Waals surface area (Å²) in [5.41, 5.74) is 4.01. The Labute approximate surface area is 229 Å². The van der Waals surface area contributed by atoms with E-state index in [0.717, 1.165) is 49.2 Å². The van der Waals surface area contributed by atoms with E-state index in [9.17, 15) is 9.90 Å². The lowest BCUT2D eigenvalue weighted by Gasteiger charge is -2.43. The maximum Gasteiger partial charge on any atom is 0.257 e. The van der Waals surface area contributed by atoms with Crippen LogP contribution in [0.2, 0.25) is 0 Å². The summed E-state index contributed by atoms with van der Waals surface area (Å²) in [7, 11) is 1.76. The zero-order chi connectivity index (χ0) is 27.2. The Morgan fingerprint density at radius 3 is 2.56 bits per heavy atom. The Bertz CT molecular complexity index is 1210. The monoisotopic (exact) mass is 531 g/mol. The van der Waals surface area contributed by atoms with Gasteiger partial charge in [0.2, 0.25) is 0 Å². The van der Waals surface area contributed by atoms with Gasteiger partial charge in [-0.1, -0.05) is 43.3 Å². The average molecular weight is 532 g/mol. The van der Waals surface area contributed by atoms with E-state index < -0.39 is 6.29 Å². The largest absolute Gasteiger partial charge is 0.392 e.